The van der Waals surface area contributed by atoms with Gasteiger partial charge in [-0.05, 0) is 32.0 Å². The van der Waals surface area contributed by atoms with Crippen molar-refractivity contribution in [2.24, 2.45) is 0 Å². The Morgan fingerprint density at radius 3 is 2.69 bits per heavy atom. The molecule has 1 aromatic heterocycles. The molecule has 7 nitrogen and oxygen atoms in total. The van der Waals surface area contributed by atoms with Crippen molar-refractivity contribution in [1.82, 2.24) is 14.9 Å². The Bertz CT molecular complexity index is 925. The number of carbonyl (C=O) groups excluding carboxylic acids is 2. The second kappa shape index (κ2) is 7.29. The van der Waals surface area contributed by atoms with Crippen molar-refractivity contribution in [3.8, 4) is 0 Å². The van der Waals surface area contributed by atoms with Crippen LogP contribution in [0.15, 0.2) is 29.1 Å². The number of aryl methyl sites for hydroxylation is 2. The highest BCUT2D eigenvalue weighted by Crippen LogP contribution is 2.21. The first-order valence-electron chi connectivity index (χ1n) is 8.25. The van der Waals surface area contributed by atoms with Crippen molar-refractivity contribution < 1.29 is 9.59 Å². The number of nitrogens with one attached hydrogen (secondary N) is 1. The third-order valence-electron chi connectivity index (χ3n) is 4.36. The van der Waals surface area contributed by atoms with Gasteiger partial charge in [-0.15, -0.1) is 0 Å². The molecule has 1 aliphatic rings. The molecule has 0 aliphatic carbocycles. The summed E-state index contributed by atoms with van der Waals surface area (Å²) >= 11 is 5.98. The van der Waals surface area contributed by atoms with Crippen LogP contribution in [0, 0.1) is 13.8 Å². The van der Waals surface area contributed by atoms with Crippen LogP contribution in [0.4, 0.5) is 5.69 Å². The second-order valence-corrected chi connectivity index (χ2v) is 6.67. The summed E-state index contributed by atoms with van der Waals surface area (Å²) < 4.78 is 0. The van der Waals surface area contributed by atoms with Crippen LogP contribution in [0.25, 0.3) is 0 Å². The van der Waals surface area contributed by atoms with Gasteiger partial charge < -0.3 is 14.8 Å². The topological polar surface area (TPSA) is 86.4 Å². The summed E-state index contributed by atoms with van der Waals surface area (Å²) in [5.41, 5.74) is 1.27. The molecule has 2 amide bonds. The Kier molecular flexibility index (Phi) is 5.08. The lowest BCUT2D eigenvalue weighted by molar-refractivity contribution is -0.136. The molecule has 1 N–H and O–H groups in total. The van der Waals surface area contributed by atoms with Crippen molar-refractivity contribution >= 4 is 29.1 Å². The van der Waals surface area contributed by atoms with Crippen molar-refractivity contribution in [3.05, 3.63) is 56.7 Å². The summed E-state index contributed by atoms with van der Waals surface area (Å²) in [5, 5.41) is 0.551. The second-order valence-electron chi connectivity index (χ2n) is 6.23. The number of hydrogen-bond donors (Lipinski definition) is 1. The number of benzene rings is 1. The first-order valence-corrected chi connectivity index (χ1v) is 8.63. The molecular weight excluding hydrogens is 356 g/mol. The Hall–Kier alpha value is -2.67. The third-order valence-corrected chi connectivity index (χ3v) is 4.60. The number of rotatable bonds is 3. The van der Waals surface area contributed by atoms with Gasteiger partial charge in [-0.1, -0.05) is 17.7 Å². The molecule has 0 radical (unpaired) electrons. The molecule has 0 unspecified atom stereocenters. The summed E-state index contributed by atoms with van der Waals surface area (Å²) in [6.45, 7) is 4.14. The van der Waals surface area contributed by atoms with Crippen LogP contribution in [-0.4, -0.2) is 46.3 Å². The van der Waals surface area contributed by atoms with Gasteiger partial charge in [-0.25, -0.2) is 4.98 Å². The minimum absolute atomic E-state index is 0.0262. The fourth-order valence-electron chi connectivity index (χ4n) is 3.03. The quantitative estimate of drug-likeness (QED) is 0.881. The molecule has 1 fully saturated rings. The number of aromatic amines is 1. The van der Waals surface area contributed by atoms with E-state index in [9.17, 15) is 14.4 Å². The molecule has 136 valence electrons. The average Bonchev–Trinajstić information content (AvgIpc) is 2.57. The summed E-state index contributed by atoms with van der Waals surface area (Å²) in [5.74, 6) is 0.0666. The molecule has 1 aromatic carbocycles. The van der Waals surface area contributed by atoms with E-state index in [1.807, 2.05) is 6.07 Å². The lowest BCUT2D eigenvalue weighted by atomic mass is 10.1. The predicted octanol–water partition coefficient (Wildman–Crippen LogP) is 1.46. The van der Waals surface area contributed by atoms with E-state index in [2.05, 4.69) is 9.97 Å². The maximum atomic E-state index is 12.6. The lowest BCUT2D eigenvalue weighted by Crippen LogP contribution is -2.53. The Morgan fingerprint density at radius 1 is 1.27 bits per heavy atom. The number of carbonyl (C=O) groups is 2. The molecule has 26 heavy (non-hydrogen) atoms. The Balaban J connectivity index is 1.70. The van der Waals surface area contributed by atoms with Gasteiger partial charge in [0.15, 0.2) is 0 Å². The van der Waals surface area contributed by atoms with Gasteiger partial charge in [0.05, 0.1) is 6.42 Å². The number of aromatic nitrogens is 2. The minimum atomic E-state index is -0.313. The van der Waals surface area contributed by atoms with E-state index in [4.69, 9.17) is 11.6 Å². The molecule has 2 aromatic rings. The molecule has 0 bridgehead atoms. The number of hydrogen-bond acceptors (Lipinski definition) is 4. The monoisotopic (exact) mass is 374 g/mol. The fourth-order valence-corrected chi connectivity index (χ4v) is 3.21. The summed E-state index contributed by atoms with van der Waals surface area (Å²) in [6.07, 6.45) is -0.0705. The highest BCUT2D eigenvalue weighted by molar-refractivity contribution is 6.30. The molecule has 0 spiro atoms. The van der Waals surface area contributed by atoms with Gasteiger partial charge in [-0.2, -0.15) is 0 Å². The van der Waals surface area contributed by atoms with E-state index in [0.29, 0.717) is 40.9 Å². The smallest absolute Gasteiger partial charge is 0.254 e. The maximum Gasteiger partial charge on any atom is 0.254 e. The predicted molar refractivity (Wildman–Crippen MR) is 98.4 cm³/mol. The van der Waals surface area contributed by atoms with Gasteiger partial charge in [-0.3, -0.25) is 14.4 Å². The van der Waals surface area contributed by atoms with Gasteiger partial charge in [0.2, 0.25) is 11.8 Å². The standard InChI is InChI=1S/C18H19ClN4O3/c1-11-15(18(26)21-12(2)20-11)9-16(24)22-6-7-23(17(25)10-22)14-5-3-4-13(19)8-14/h3-5,8H,6-7,9-10H2,1-2H3,(H,20,21,26). The molecule has 2 heterocycles. The number of piperazine rings is 1. The maximum absolute atomic E-state index is 12.6. The number of amides is 2. The SMILES string of the molecule is Cc1nc(C)c(CC(=O)N2CCN(c3cccc(Cl)c3)C(=O)C2)c(=O)[nH]1. The van der Waals surface area contributed by atoms with Crippen molar-refractivity contribution in [3.63, 3.8) is 0 Å². The number of anilines is 1. The summed E-state index contributed by atoms with van der Waals surface area (Å²) in [4.78, 5) is 47.0. The van der Waals surface area contributed by atoms with E-state index in [1.54, 1.807) is 36.9 Å². The van der Waals surface area contributed by atoms with Crippen molar-refractivity contribution in [2.45, 2.75) is 20.3 Å². The van der Waals surface area contributed by atoms with E-state index in [1.165, 1.54) is 4.90 Å². The number of halogens is 1. The summed E-state index contributed by atoms with van der Waals surface area (Å²) in [7, 11) is 0. The van der Waals surface area contributed by atoms with Crippen molar-refractivity contribution in [1.29, 1.82) is 0 Å². The molecular formula is C18H19ClN4O3. The van der Waals surface area contributed by atoms with Crippen LogP contribution in [-0.2, 0) is 16.0 Å². The van der Waals surface area contributed by atoms with Crippen LogP contribution in [0.2, 0.25) is 5.02 Å². The van der Waals surface area contributed by atoms with Crippen LogP contribution in [0.1, 0.15) is 17.1 Å². The molecule has 8 heteroatoms. The van der Waals surface area contributed by atoms with E-state index in [-0.39, 0.29) is 30.3 Å². The molecule has 0 saturated carbocycles. The number of nitrogens with zero attached hydrogens (tertiary/aromatic N) is 3. The normalized spacial score (nSPS) is 14.7. The van der Waals surface area contributed by atoms with Gasteiger partial charge >= 0.3 is 0 Å². The van der Waals surface area contributed by atoms with E-state index < -0.39 is 0 Å². The highest BCUT2D eigenvalue weighted by atomic mass is 35.5. The van der Waals surface area contributed by atoms with Gasteiger partial charge in [0, 0.05) is 35.1 Å². The zero-order valence-electron chi connectivity index (χ0n) is 14.6. The van der Waals surface area contributed by atoms with Crippen LogP contribution < -0.4 is 10.5 Å². The first-order chi connectivity index (χ1) is 12.3. The minimum Gasteiger partial charge on any atom is -0.331 e. The van der Waals surface area contributed by atoms with Crippen LogP contribution in [0.3, 0.4) is 0 Å². The Morgan fingerprint density at radius 2 is 2.04 bits per heavy atom. The van der Waals surface area contributed by atoms with Crippen molar-refractivity contribution in [2.75, 3.05) is 24.5 Å². The molecule has 3 rings (SSSR count). The highest BCUT2D eigenvalue weighted by Gasteiger charge is 2.28. The molecule has 0 atom stereocenters. The largest absolute Gasteiger partial charge is 0.331 e. The average molecular weight is 375 g/mol. The molecule has 1 aliphatic heterocycles. The lowest BCUT2D eigenvalue weighted by Gasteiger charge is -2.34. The van der Waals surface area contributed by atoms with E-state index >= 15 is 0 Å². The van der Waals surface area contributed by atoms with Crippen LogP contribution in [0.5, 0.6) is 0 Å². The summed E-state index contributed by atoms with van der Waals surface area (Å²) in [6, 6.07) is 7.05. The van der Waals surface area contributed by atoms with Gasteiger partial charge in [0.25, 0.3) is 5.56 Å². The first kappa shape index (κ1) is 18.1. The van der Waals surface area contributed by atoms with Gasteiger partial charge in [0.1, 0.15) is 12.4 Å². The third kappa shape index (κ3) is 3.77. The van der Waals surface area contributed by atoms with Crippen LogP contribution >= 0.6 is 11.6 Å². The Labute approximate surface area is 155 Å². The zero-order valence-corrected chi connectivity index (χ0v) is 15.3. The fraction of sp³-hybridized carbons (Fsp3) is 0.333. The zero-order chi connectivity index (χ0) is 18.8. The molecule has 1 saturated heterocycles. The number of H-pyrrole nitrogens is 1. The van der Waals surface area contributed by atoms with E-state index in [0.717, 1.165) is 0 Å².